The number of primary amides is 2. The van der Waals surface area contributed by atoms with E-state index in [1.165, 1.54) is 48.5 Å². The molecule has 27 N–H and O–H groups in total. The molecular formula is C58H85N17O16. The number of nitrogens with one attached hydrogen (secondary N) is 9. The van der Waals surface area contributed by atoms with Gasteiger partial charge in [0.2, 0.25) is 65.0 Å². The van der Waals surface area contributed by atoms with E-state index < -0.39 is 151 Å². The maximum Gasteiger partial charge on any atom is 0.326 e. The average molecular weight is 1280 g/mol. The monoisotopic (exact) mass is 1280 g/mol. The van der Waals surface area contributed by atoms with Crippen molar-refractivity contribution in [1.82, 2.24) is 47.9 Å². The molecule has 0 saturated carbocycles. The Labute approximate surface area is 523 Å². The Morgan fingerprint density at radius 3 is 1.27 bits per heavy atom. The predicted octanol–water partition coefficient (Wildman–Crippen LogP) is -6.41. The Kier molecular flexibility index (Phi) is 32.9. The molecule has 11 amide bonds. The fraction of sp³-hybridized carbons (Fsp3) is 0.466. The standard InChI is InChI=1S/C58H85N17O16/c59-22-6-4-11-38(51(84)69-40(13-8-24-66-58(64)65)53(86)74-44(57(90)91)27-34-16-20-36(78)21-17-34)68-48(81)30-67-50(83)41(26-32-9-2-1-3-10-32)72-56(89)45(31-76)75-55(88)43(29-47(63)80)73-52(85)39(12-5-7-23-60)70-54(87)42(28-46(62)79)71-49(82)37(61)25-33-14-18-35(77)19-15-33/h1-3,9-10,14-21,37-45,76-78H,4-8,11-13,22-31,59-61H2,(H2,62,79)(H2,63,80)(H,67,83)(H,68,81)(H,69,84)(H,70,87)(H,71,82)(H,72,89)(H,73,85)(H,74,86)(H,75,88)(H,90,91)(H4,64,65,66)/t37-,38-,39-,40-,41-,42-,43-,44-,45-/m0/s1. The summed E-state index contributed by atoms with van der Waals surface area (Å²) in [4.78, 5) is 165. The van der Waals surface area contributed by atoms with Crippen LogP contribution in [0, 0.1) is 0 Å². The highest BCUT2D eigenvalue weighted by molar-refractivity contribution is 6.00. The number of unbranched alkanes of at least 4 members (excludes halogenated alkanes) is 2. The van der Waals surface area contributed by atoms with Gasteiger partial charge < -0.3 is 108 Å². The highest BCUT2D eigenvalue weighted by Gasteiger charge is 2.35. The molecule has 0 heterocycles. The molecule has 9 atom stereocenters. The number of aliphatic imine (C=N–C) groups is 1. The molecule has 3 aromatic rings. The van der Waals surface area contributed by atoms with Gasteiger partial charge in [0.25, 0.3) is 0 Å². The molecule has 0 saturated heterocycles. The van der Waals surface area contributed by atoms with Gasteiger partial charge in [-0.05, 0) is 112 Å². The number of phenolic OH excluding ortho intramolecular Hbond substituents is 2. The van der Waals surface area contributed by atoms with Crippen molar-refractivity contribution in [1.29, 1.82) is 0 Å². The third-order valence-electron chi connectivity index (χ3n) is 13.7. The minimum Gasteiger partial charge on any atom is -0.508 e. The number of nitrogens with two attached hydrogens (primary N) is 7. The number of aliphatic hydroxyl groups is 1. The predicted molar refractivity (Wildman–Crippen MR) is 328 cm³/mol. The van der Waals surface area contributed by atoms with Crippen molar-refractivity contribution in [2.75, 3.05) is 32.8 Å². The maximum atomic E-state index is 14.0. The SMILES string of the molecule is NCCCC[C@H](NC(=O)CNC(=O)[C@H](Cc1ccccc1)NC(=O)[C@H](CO)NC(=O)[C@H](CC(N)=O)NC(=O)[C@H](CCCCN)NC(=O)[C@H](CC(N)=O)NC(=O)[C@@H](N)Cc1ccc(O)cc1)C(=O)N[C@@H](CCCN=C(N)N)C(=O)N[C@@H](Cc1ccc(O)cc1)C(=O)O. The number of rotatable bonds is 42. The van der Waals surface area contributed by atoms with Gasteiger partial charge in [-0.2, -0.15) is 0 Å². The summed E-state index contributed by atoms with van der Waals surface area (Å²) in [5, 5.41) is 61.3. The summed E-state index contributed by atoms with van der Waals surface area (Å²) in [5.74, 6) is -13.1. The highest BCUT2D eigenvalue weighted by Crippen LogP contribution is 2.15. The number of carbonyl (C=O) groups is 12. The van der Waals surface area contributed by atoms with E-state index in [1.807, 2.05) is 0 Å². The van der Waals surface area contributed by atoms with Gasteiger partial charge in [0, 0.05) is 19.4 Å². The summed E-state index contributed by atoms with van der Waals surface area (Å²) >= 11 is 0. The third kappa shape index (κ3) is 28.8. The van der Waals surface area contributed by atoms with Gasteiger partial charge in [-0.15, -0.1) is 0 Å². The molecule has 0 unspecified atom stereocenters. The van der Waals surface area contributed by atoms with E-state index in [2.05, 4.69) is 52.8 Å². The van der Waals surface area contributed by atoms with Crippen LogP contribution in [0.2, 0.25) is 0 Å². The summed E-state index contributed by atoms with van der Waals surface area (Å²) < 4.78 is 0. The van der Waals surface area contributed by atoms with Gasteiger partial charge in [-0.3, -0.25) is 57.7 Å². The van der Waals surface area contributed by atoms with Crippen LogP contribution in [0.3, 0.4) is 0 Å². The van der Waals surface area contributed by atoms with E-state index in [0.717, 1.165) is 0 Å². The van der Waals surface area contributed by atoms with E-state index in [0.29, 0.717) is 29.5 Å². The van der Waals surface area contributed by atoms with Gasteiger partial charge in [0.05, 0.1) is 32.0 Å². The average Bonchev–Trinajstić information content (AvgIpc) is 1.43. The topological polar surface area (TPSA) is 589 Å². The summed E-state index contributed by atoms with van der Waals surface area (Å²) in [6.07, 6.45) is -1.08. The molecule has 0 radical (unpaired) electrons. The number of hydrogen-bond acceptors (Lipinski definition) is 19. The number of aliphatic hydroxyl groups excluding tert-OH is 1. The molecule has 0 fully saturated rings. The van der Waals surface area contributed by atoms with Crippen LogP contribution >= 0.6 is 0 Å². The van der Waals surface area contributed by atoms with Crippen LogP contribution in [0.4, 0.5) is 0 Å². The van der Waals surface area contributed by atoms with Crippen LogP contribution in [0.25, 0.3) is 0 Å². The zero-order chi connectivity index (χ0) is 67.6. The van der Waals surface area contributed by atoms with Gasteiger partial charge in [0.1, 0.15) is 59.8 Å². The second-order valence-corrected chi connectivity index (χ2v) is 21.2. The molecule has 33 heteroatoms. The summed E-state index contributed by atoms with van der Waals surface area (Å²) in [6, 6.07) is 5.50. The van der Waals surface area contributed by atoms with E-state index in [-0.39, 0.29) is 94.9 Å². The van der Waals surface area contributed by atoms with E-state index in [9.17, 15) is 78.0 Å². The molecule has 3 aromatic carbocycles. The van der Waals surface area contributed by atoms with Crippen LogP contribution in [0.15, 0.2) is 83.9 Å². The number of aromatic hydroxyl groups is 2. The number of carboxylic acids is 1. The van der Waals surface area contributed by atoms with E-state index >= 15 is 0 Å². The molecule has 3 rings (SSSR count). The zero-order valence-corrected chi connectivity index (χ0v) is 50.1. The minimum absolute atomic E-state index is 0.0198. The Morgan fingerprint density at radius 2 is 0.813 bits per heavy atom. The lowest BCUT2D eigenvalue weighted by Crippen LogP contribution is -2.61. The Hall–Kier alpha value is -9.99. The largest absolute Gasteiger partial charge is 0.508 e. The number of benzene rings is 3. The molecule has 0 aliphatic carbocycles. The first kappa shape index (κ1) is 75.3. The van der Waals surface area contributed by atoms with Crippen LogP contribution in [-0.2, 0) is 76.8 Å². The smallest absolute Gasteiger partial charge is 0.326 e. The lowest BCUT2D eigenvalue weighted by atomic mass is 10.0. The fourth-order valence-electron chi connectivity index (χ4n) is 8.86. The van der Waals surface area contributed by atoms with Gasteiger partial charge in [-0.1, -0.05) is 54.6 Å². The molecule has 0 aromatic heterocycles. The number of amides is 11. The number of nitrogens with zero attached hydrogens (tertiary/aromatic N) is 1. The number of carboxylic acid groups (broad SMARTS) is 1. The zero-order valence-electron chi connectivity index (χ0n) is 50.1. The van der Waals surface area contributed by atoms with Crippen molar-refractivity contribution in [3.05, 3.63) is 95.6 Å². The van der Waals surface area contributed by atoms with Crippen LogP contribution in [-0.4, -0.2) is 184 Å². The third-order valence-corrected chi connectivity index (χ3v) is 13.7. The first-order chi connectivity index (χ1) is 43.2. The fourth-order valence-corrected chi connectivity index (χ4v) is 8.86. The van der Waals surface area contributed by atoms with E-state index in [4.69, 9.17) is 40.1 Å². The van der Waals surface area contributed by atoms with Crippen molar-refractivity contribution in [3.8, 4) is 11.5 Å². The van der Waals surface area contributed by atoms with Crippen molar-refractivity contribution in [3.63, 3.8) is 0 Å². The molecule has 0 aliphatic rings. The first-order valence-corrected chi connectivity index (χ1v) is 29.1. The Balaban J connectivity index is 1.80. The first-order valence-electron chi connectivity index (χ1n) is 29.1. The molecule has 0 bridgehead atoms. The number of hydrogen-bond donors (Lipinski definition) is 20. The summed E-state index contributed by atoms with van der Waals surface area (Å²) in [7, 11) is 0. The lowest BCUT2D eigenvalue weighted by Gasteiger charge is -2.26. The molecule has 33 nitrogen and oxygen atoms in total. The molecule has 0 spiro atoms. The number of guanidine groups is 1. The number of phenols is 2. The van der Waals surface area contributed by atoms with Crippen LogP contribution in [0.5, 0.6) is 11.5 Å². The lowest BCUT2D eigenvalue weighted by molar-refractivity contribution is -0.142. The summed E-state index contributed by atoms with van der Waals surface area (Å²) in [5.41, 5.74) is 40.7. The maximum absolute atomic E-state index is 14.0. The highest BCUT2D eigenvalue weighted by atomic mass is 16.4. The molecule has 498 valence electrons. The minimum atomic E-state index is -1.90. The van der Waals surface area contributed by atoms with Crippen LogP contribution < -0.4 is 88.0 Å². The van der Waals surface area contributed by atoms with Crippen molar-refractivity contribution in [2.45, 2.75) is 138 Å². The van der Waals surface area contributed by atoms with Crippen molar-refractivity contribution >= 4 is 76.9 Å². The second-order valence-electron chi connectivity index (χ2n) is 21.2. The van der Waals surface area contributed by atoms with Gasteiger partial charge in [-0.25, -0.2) is 4.79 Å². The second kappa shape index (κ2) is 39.8. The van der Waals surface area contributed by atoms with Gasteiger partial charge >= 0.3 is 5.97 Å². The van der Waals surface area contributed by atoms with Crippen molar-refractivity contribution < 1.29 is 78.0 Å². The normalized spacial score (nSPS) is 13.8. The quantitative estimate of drug-likeness (QED) is 0.0142. The van der Waals surface area contributed by atoms with E-state index in [1.54, 1.807) is 30.3 Å². The molecule has 91 heavy (non-hydrogen) atoms. The molecular weight excluding hydrogens is 1190 g/mol. The van der Waals surface area contributed by atoms with Gasteiger partial charge in [0.15, 0.2) is 5.96 Å². The Bertz CT molecular complexity index is 2960. The molecule has 0 aliphatic heterocycles. The number of aliphatic carboxylic acids is 1. The van der Waals surface area contributed by atoms with Crippen molar-refractivity contribution in [2.24, 2.45) is 45.1 Å². The summed E-state index contributed by atoms with van der Waals surface area (Å²) in [6.45, 7) is -1.56. The Morgan fingerprint density at radius 1 is 0.429 bits per heavy atom. The van der Waals surface area contributed by atoms with Crippen LogP contribution in [0.1, 0.15) is 80.9 Å². The number of carbonyl (C=O) groups excluding carboxylic acids is 11.